The van der Waals surface area contributed by atoms with Crippen LogP contribution in [-0.2, 0) is 6.18 Å². The normalized spacial score (nSPS) is 11.6. The van der Waals surface area contributed by atoms with Crippen LogP contribution in [0.4, 0.5) is 30.7 Å². The highest BCUT2D eigenvalue weighted by molar-refractivity contribution is 5.78. The summed E-state index contributed by atoms with van der Waals surface area (Å²) >= 11 is 0. The standard InChI is InChI=1S/C14H6F7N/c1-6(7-2-4-8(5-3-7)14(19,20)21)9-10(15)12(17)22-13(18)11(9)16/h2-5H,1H2. The molecule has 8 heteroatoms. The van der Waals surface area contributed by atoms with E-state index in [-0.39, 0.29) is 5.56 Å². The molecule has 0 amide bonds. The lowest BCUT2D eigenvalue weighted by molar-refractivity contribution is -0.137. The number of pyridine rings is 1. The predicted molar refractivity (Wildman–Crippen MR) is 63.6 cm³/mol. The molecule has 0 atom stereocenters. The summed E-state index contributed by atoms with van der Waals surface area (Å²) in [6, 6.07) is 3.09. The maximum absolute atomic E-state index is 13.6. The quantitative estimate of drug-likeness (QED) is 0.576. The highest BCUT2D eigenvalue weighted by Gasteiger charge is 2.30. The molecule has 0 saturated carbocycles. The first-order valence-corrected chi connectivity index (χ1v) is 5.70. The lowest BCUT2D eigenvalue weighted by atomic mass is 9.98. The molecule has 0 aliphatic heterocycles. The lowest BCUT2D eigenvalue weighted by Gasteiger charge is -2.11. The van der Waals surface area contributed by atoms with Gasteiger partial charge in [0.05, 0.1) is 11.1 Å². The number of rotatable bonds is 2. The van der Waals surface area contributed by atoms with Crippen LogP contribution >= 0.6 is 0 Å². The Kier molecular flexibility index (Phi) is 3.95. The van der Waals surface area contributed by atoms with Gasteiger partial charge in [0.2, 0.25) is 0 Å². The third-order valence-electron chi connectivity index (χ3n) is 2.86. The Hall–Kier alpha value is -2.38. The minimum Gasteiger partial charge on any atom is -0.201 e. The Morgan fingerprint density at radius 1 is 0.864 bits per heavy atom. The minimum absolute atomic E-state index is 0.129. The van der Waals surface area contributed by atoms with Crippen molar-refractivity contribution in [3.05, 3.63) is 71.1 Å². The molecule has 1 nitrogen and oxygen atoms in total. The number of halogens is 7. The van der Waals surface area contributed by atoms with Crippen molar-refractivity contribution in [3.63, 3.8) is 0 Å². The molecule has 2 aromatic rings. The first-order chi connectivity index (χ1) is 10.1. The van der Waals surface area contributed by atoms with Crippen molar-refractivity contribution < 1.29 is 30.7 Å². The van der Waals surface area contributed by atoms with E-state index >= 15 is 0 Å². The fourth-order valence-electron chi connectivity index (χ4n) is 1.76. The molecule has 0 unspecified atom stereocenters. The van der Waals surface area contributed by atoms with Crippen LogP contribution < -0.4 is 0 Å². The third kappa shape index (κ3) is 2.81. The Balaban J connectivity index is 2.50. The monoisotopic (exact) mass is 321 g/mol. The molecule has 0 saturated heterocycles. The van der Waals surface area contributed by atoms with Crippen molar-refractivity contribution in [1.82, 2.24) is 4.98 Å². The average molecular weight is 321 g/mol. The van der Waals surface area contributed by atoms with Gasteiger partial charge in [-0.1, -0.05) is 18.7 Å². The molecule has 0 radical (unpaired) electrons. The van der Waals surface area contributed by atoms with Gasteiger partial charge in [0.25, 0.3) is 11.9 Å². The second-order valence-electron chi connectivity index (χ2n) is 4.25. The molecule has 0 bridgehead atoms. The zero-order valence-electron chi connectivity index (χ0n) is 10.6. The molecular formula is C14H6F7N. The van der Waals surface area contributed by atoms with Crippen LogP contribution in [0, 0.1) is 23.5 Å². The molecule has 0 aliphatic carbocycles. The van der Waals surface area contributed by atoms with E-state index in [2.05, 4.69) is 11.6 Å². The smallest absolute Gasteiger partial charge is 0.201 e. The molecule has 2 rings (SSSR count). The second-order valence-corrected chi connectivity index (χ2v) is 4.25. The number of alkyl halides is 3. The first-order valence-electron chi connectivity index (χ1n) is 5.70. The van der Waals surface area contributed by atoms with Gasteiger partial charge in [-0.2, -0.15) is 26.9 Å². The van der Waals surface area contributed by atoms with Crippen LogP contribution in [0.5, 0.6) is 0 Å². The van der Waals surface area contributed by atoms with E-state index in [0.717, 1.165) is 12.1 Å². The van der Waals surface area contributed by atoms with E-state index in [4.69, 9.17) is 0 Å². The molecule has 0 spiro atoms. The van der Waals surface area contributed by atoms with Crippen LogP contribution in [0.1, 0.15) is 16.7 Å². The largest absolute Gasteiger partial charge is 0.416 e. The van der Waals surface area contributed by atoms with E-state index in [0.29, 0.717) is 12.1 Å². The maximum Gasteiger partial charge on any atom is 0.416 e. The molecule has 0 N–H and O–H groups in total. The Bertz CT molecular complexity index is 706. The first kappa shape index (κ1) is 16.0. The van der Waals surface area contributed by atoms with Crippen LogP contribution in [0.2, 0.25) is 0 Å². The lowest BCUT2D eigenvalue weighted by Crippen LogP contribution is -2.07. The fourth-order valence-corrected chi connectivity index (χ4v) is 1.76. The van der Waals surface area contributed by atoms with Gasteiger partial charge in [-0.3, -0.25) is 0 Å². The number of nitrogens with zero attached hydrogens (tertiary/aromatic N) is 1. The van der Waals surface area contributed by atoms with Gasteiger partial charge in [0, 0.05) is 0 Å². The summed E-state index contributed by atoms with van der Waals surface area (Å²) < 4.78 is 90.5. The molecule has 0 fully saturated rings. The SMILES string of the molecule is C=C(c1ccc(C(F)(F)F)cc1)c1c(F)c(F)nc(F)c1F. The Labute approximate surface area is 119 Å². The second kappa shape index (κ2) is 5.43. The average Bonchev–Trinajstić information content (AvgIpc) is 2.44. The summed E-state index contributed by atoms with van der Waals surface area (Å²) in [5.41, 5.74) is -2.75. The van der Waals surface area contributed by atoms with Gasteiger partial charge >= 0.3 is 6.18 Å². The summed E-state index contributed by atoms with van der Waals surface area (Å²) in [4.78, 5) is 2.38. The van der Waals surface area contributed by atoms with Crippen LogP contribution in [-0.4, -0.2) is 4.98 Å². The van der Waals surface area contributed by atoms with E-state index in [1.165, 1.54) is 0 Å². The van der Waals surface area contributed by atoms with Gasteiger partial charge in [0.15, 0.2) is 11.6 Å². The van der Waals surface area contributed by atoms with Crippen molar-refractivity contribution in [3.8, 4) is 0 Å². The summed E-state index contributed by atoms with van der Waals surface area (Å²) in [6.07, 6.45) is -4.59. The number of aromatic nitrogens is 1. The van der Waals surface area contributed by atoms with Gasteiger partial charge in [0.1, 0.15) is 0 Å². The molecule has 0 aliphatic rings. The molecule has 1 heterocycles. The minimum atomic E-state index is -4.59. The molecule has 1 aromatic heterocycles. The molecule has 1 aromatic carbocycles. The third-order valence-corrected chi connectivity index (χ3v) is 2.86. The van der Waals surface area contributed by atoms with Crippen molar-refractivity contribution in [2.45, 2.75) is 6.18 Å². The fraction of sp³-hybridized carbons (Fsp3) is 0.0714. The maximum atomic E-state index is 13.6. The summed E-state index contributed by atoms with van der Waals surface area (Å²) in [5, 5.41) is 0. The number of hydrogen-bond acceptors (Lipinski definition) is 1. The molecular weight excluding hydrogens is 315 g/mol. The van der Waals surface area contributed by atoms with E-state index < -0.39 is 46.4 Å². The van der Waals surface area contributed by atoms with E-state index in [1.54, 1.807) is 0 Å². The highest BCUT2D eigenvalue weighted by Crippen LogP contribution is 2.32. The van der Waals surface area contributed by atoms with Crippen molar-refractivity contribution in [1.29, 1.82) is 0 Å². The van der Waals surface area contributed by atoms with Crippen LogP contribution in [0.25, 0.3) is 5.57 Å². The van der Waals surface area contributed by atoms with Gasteiger partial charge in [-0.15, -0.1) is 0 Å². The number of hydrogen-bond donors (Lipinski definition) is 0. The summed E-state index contributed by atoms with van der Waals surface area (Å²) in [5.74, 6) is -7.29. The zero-order valence-corrected chi connectivity index (χ0v) is 10.6. The zero-order chi connectivity index (χ0) is 16.7. The van der Waals surface area contributed by atoms with Crippen molar-refractivity contribution in [2.75, 3.05) is 0 Å². The van der Waals surface area contributed by atoms with E-state index in [9.17, 15) is 30.7 Å². The van der Waals surface area contributed by atoms with Crippen molar-refractivity contribution in [2.24, 2.45) is 0 Å². The van der Waals surface area contributed by atoms with Gasteiger partial charge in [-0.25, -0.2) is 8.78 Å². The number of benzene rings is 1. The van der Waals surface area contributed by atoms with Gasteiger partial charge < -0.3 is 0 Å². The summed E-state index contributed by atoms with van der Waals surface area (Å²) in [6.45, 7) is 3.27. The Morgan fingerprint density at radius 3 is 1.73 bits per heavy atom. The molecule has 116 valence electrons. The highest BCUT2D eigenvalue weighted by atomic mass is 19.4. The van der Waals surface area contributed by atoms with Crippen LogP contribution in [0.3, 0.4) is 0 Å². The molecule has 22 heavy (non-hydrogen) atoms. The predicted octanol–water partition coefficient (Wildman–Crippen LogP) is 4.72. The topological polar surface area (TPSA) is 12.9 Å². The summed E-state index contributed by atoms with van der Waals surface area (Å²) in [7, 11) is 0. The van der Waals surface area contributed by atoms with E-state index in [1.807, 2.05) is 0 Å². The van der Waals surface area contributed by atoms with Crippen LogP contribution in [0.15, 0.2) is 30.8 Å². The van der Waals surface area contributed by atoms with Gasteiger partial charge in [-0.05, 0) is 23.3 Å². The van der Waals surface area contributed by atoms with Crippen molar-refractivity contribution >= 4 is 5.57 Å². The Morgan fingerprint density at radius 2 is 1.32 bits per heavy atom.